The standard InChI is InChI=1S/C16H33NO6/c1-6-14(22-12-21-11-10-20-5)13(8-7-9-18)17-15(19)23-16(2,3)4/h13-14,18H,6-12H2,1-5H3,(H,17,19)/t13-,14+/m0/s1. The SMILES string of the molecule is CC[C@@H](OCOCCOC)[C@H](CCCO)NC(=O)OC(C)(C)C. The lowest BCUT2D eigenvalue weighted by Gasteiger charge is -2.29. The van der Waals surface area contributed by atoms with Crippen LogP contribution in [-0.4, -0.2) is 62.7 Å². The van der Waals surface area contributed by atoms with Crippen molar-refractivity contribution in [1.29, 1.82) is 0 Å². The Kier molecular flexibility index (Phi) is 12.0. The van der Waals surface area contributed by atoms with Crippen LogP contribution >= 0.6 is 0 Å². The highest BCUT2D eigenvalue weighted by molar-refractivity contribution is 5.68. The van der Waals surface area contributed by atoms with Gasteiger partial charge < -0.3 is 29.4 Å². The first-order valence-electron chi connectivity index (χ1n) is 8.12. The van der Waals surface area contributed by atoms with Crippen molar-refractivity contribution in [2.75, 3.05) is 33.7 Å². The van der Waals surface area contributed by atoms with E-state index < -0.39 is 11.7 Å². The third-order valence-corrected chi connectivity index (χ3v) is 3.02. The largest absolute Gasteiger partial charge is 0.444 e. The molecule has 2 N–H and O–H groups in total. The van der Waals surface area contributed by atoms with E-state index in [0.29, 0.717) is 32.5 Å². The zero-order chi connectivity index (χ0) is 17.7. The monoisotopic (exact) mass is 335 g/mol. The number of aliphatic hydroxyl groups is 1. The Morgan fingerprint density at radius 1 is 1.26 bits per heavy atom. The molecule has 0 fully saturated rings. The molecule has 0 saturated carbocycles. The lowest BCUT2D eigenvalue weighted by atomic mass is 10.0. The van der Waals surface area contributed by atoms with Gasteiger partial charge in [-0.2, -0.15) is 0 Å². The number of ether oxygens (including phenoxy) is 4. The zero-order valence-electron chi connectivity index (χ0n) is 15.1. The zero-order valence-corrected chi connectivity index (χ0v) is 15.1. The highest BCUT2D eigenvalue weighted by Crippen LogP contribution is 2.13. The lowest BCUT2D eigenvalue weighted by molar-refractivity contribution is -0.108. The van der Waals surface area contributed by atoms with E-state index >= 15 is 0 Å². The number of hydrogen-bond donors (Lipinski definition) is 2. The minimum absolute atomic E-state index is 0.0628. The Hall–Kier alpha value is -0.890. The van der Waals surface area contributed by atoms with Gasteiger partial charge in [0.1, 0.15) is 12.4 Å². The van der Waals surface area contributed by atoms with E-state index in [1.54, 1.807) is 7.11 Å². The molecule has 0 aliphatic rings. The van der Waals surface area contributed by atoms with Crippen molar-refractivity contribution in [3.05, 3.63) is 0 Å². The maximum atomic E-state index is 12.0. The number of hydrogen-bond acceptors (Lipinski definition) is 6. The van der Waals surface area contributed by atoms with Crippen LogP contribution in [0, 0.1) is 0 Å². The van der Waals surface area contributed by atoms with Crippen LogP contribution in [-0.2, 0) is 18.9 Å². The fourth-order valence-electron chi connectivity index (χ4n) is 1.98. The molecule has 0 unspecified atom stereocenters. The Bertz CT molecular complexity index is 305. The van der Waals surface area contributed by atoms with Crippen molar-refractivity contribution < 1.29 is 28.8 Å². The normalized spacial score (nSPS) is 14.3. The molecule has 0 aromatic heterocycles. The van der Waals surface area contributed by atoms with Gasteiger partial charge in [-0.3, -0.25) is 0 Å². The molecule has 0 bridgehead atoms. The van der Waals surface area contributed by atoms with E-state index in [2.05, 4.69) is 5.32 Å². The molecule has 0 aliphatic carbocycles. The van der Waals surface area contributed by atoms with Gasteiger partial charge in [0.05, 0.1) is 25.4 Å². The van der Waals surface area contributed by atoms with E-state index in [1.165, 1.54) is 0 Å². The number of amides is 1. The van der Waals surface area contributed by atoms with Crippen LogP contribution in [0.25, 0.3) is 0 Å². The van der Waals surface area contributed by atoms with Gasteiger partial charge in [-0.05, 0) is 40.0 Å². The van der Waals surface area contributed by atoms with Crippen molar-refractivity contribution in [3.8, 4) is 0 Å². The molecule has 23 heavy (non-hydrogen) atoms. The molecule has 0 heterocycles. The van der Waals surface area contributed by atoms with Crippen molar-refractivity contribution in [3.63, 3.8) is 0 Å². The summed E-state index contributed by atoms with van der Waals surface area (Å²) in [6.45, 7) is 8.56. The van der Waals surface area contributed by atoms with Crippen LogP contribution in [0.3, 0.4) is 0 Å². The molecule has 7 nitrogen and oxygen atoms in total. The molecular weight excluding hydrogens is 302 g/mol. The summed E-state index contributed by atoms with van der Waals surface area (Å²) in [4.78, 5) is 12.0. The molecule has 1 amide bonds. The minimum Gasteiger partial charge on any atom is -0.444 e. The predicted molar refractivity (Wildman–Crippen MR) is 87.3 cm³/mol. The van der Waals surface area contributed by atoms with Crippen LogP contribution in [0.15, 0.2) is 0 Å². The smallest absolute Gasteiger partial charge is 0.407 e. The highest BCUT2D eigenvalue weighted by atomic mass is 16.7. The van der Waals surface area contributed by atoms with Crippen molar-refractivity contribution in [2.24, 2.45) is 0 Å². The molecule has 0 rings (SSSR count). The van der Waals surface area contributed by atoms with Gasteiger partial charge in [0.15, 0.2) is 0 Å². The van der Waals surface area contributed by atoms with Crippen LogP contribution < -0.4 is 5.32 Å². The molecule has 7 heteroatoms. The fraction of sp³-hybridized carbons (Fsp3) is 0.938. The average Bonchev–Trinajstić information content (AvgIpc) is 2.45. The van der Waals surface area contributed by atoms with Crippen LogP contribution in [0.4, 0.5) is 4.79 Å². The van der Waals surface area contributed by atoms with Gasteiger partial charge in [-0.15, -0.1) is 0 Å². The van der Waals surface area contributed by atoms with Crippen LogP contribution in [0.2, 0.25) is 0 Å². The summed E-state index contributed by atoms with van der Waals surface area (Å²) in [7, 11) is 1.61. The Morgan fingerprint density at radius 2 is 1.96 bits per heavy atom. The third-order valence-electron chi connectivity index (χ3n) is 3.02. The first kappa shape index (κ1) is 22.1. The second-order valence-corrected chi connectivity index (χ2v) is 6.25. The van der Waals surface area contributed by atoms with Gasteiger partial charge in [0.2, 0.25) is 0 Å². The molecule has 2 atom stereocenters. The maximum Gasteiger partial charge on any atom is 0.407 e. The van der Waals surface area contributed by atoms with E-state index in [1.807, 2.05) is 27.7 Å². The van der Waals surface area contributed by atoms with Crippen molar-refractivity contribution >= 4 is 6.09 Å². The number of carbonyl (C=O) groups excluding carboxylic acids is 1. The lowest BCUT2D eigenvalue weighted by Crippen LogP contribution is -2.46. The summed E-state index contributed by atoms with van der Waals surface area (Å²) >= 11 is 0. The Balaban J connectivity index is 4.47. The van der Waals surface area contributed by atoms with Gasteiger partial charge >= 0.3 is 6.09 Å². The first-order valence-corrected chi connectivity index (χ1v) is 8.12. The van der Waals surface area contributed by atoms with Crippen LogP contribution in [0.5, 0.6) is 0 Å². The van der Waals surface area contributed by atoms with E-state index in [9.17, 15) is 4.79 Å². The van der Waals surface area contributed by atoms with Gasteiger partial charge in [0, 0.05) is 13.7 Å². The molecule has 0 aromatic rings. The number of alkyl carbamates (subject to hydrolysis) is 1. The molecule has 0 saturated heterocycles. The highest BCUT2D eigenvalue weighted by Gasteiger charge is 2.25. The summed E-state index contributed by atoms with van der Waals surface area (Å²) in [5.41, 5.74) is -0.558. The number of rotatable bonds is 12. The number of carbonyl (C=O) groups is 1. The second-order valence-electron chi connectivity index (χ2n) is 6.25. The molecular formula is C16H33NO6. The average molecular weight is 335 g/mol. The van der Waals surface area contributed by atoms with E-state index in [-0.39, 0.29) is 25.5 Å². The van der Waals surface area contributed by atoms with Crippen molar-refractivity contribution in [2.45, 2.75) is 64.7 Å². The molecule has 0 radical (unpaired) electrons. The second kappa shape index (κ2) is 12.5. The Labute approximate surface area is 139 Å². The summed E-state index contributed by atoms with van der Waals surface area (Å²) in [6.07, 6.45) is 1.19. The first-order chi connectivity index (χ1) is 10.8. The van der Waals surface area contributed by atoms with Gasteiger partial charge in [0.25, 0.3) is 0 Å². The van der Waals surface area contributed by atoms with Crippen LogP contribution in [0.1, 0.15) is 47.0 Å². The van der Waals surface area contributed by atoms with E-state index in [0.717, 1.165) is 0 Å². The predicted octanol–water partition coefficient (Wildman–Crippen LogP) is 2.07. The summed E-state index contributed by atoms with van der Waals surface area (Å²) in [6, 6.07) is -0.243. The Morgan fingerprint density at radius 3 is 2.48 bits per heavy atom. The number of aliphatic hydroxyl groups excluding tert-OH is 1. The summed E-state index contributed by atoms with van der Waals surface area (Å²) < 4.78 is 21.2. The molecule has 138 valence electrons. The van der Waals surface area contributed by atoms with Gasteiger partial charge in [-0.1, -0.05) is 6.92 Å². The van der Waals surface area contributed by atoms with E-state index in [4.69, 9.17) is 24.1 Å². The topological polar surface area (TPSA) is 86.3 Å². The summed E-state index contributed by atoms with van der Waals surface area (Å²) in [5, 5.41) is 11.9. The third kappa shape index (κ3) is 12.2. The number of nitrogens with one attached hydrogen (secondary N) is 1. The number of methoxy groups -OCH3 is 1. The molecule has 0 aromatic carbocycles. The molecule has 0 spiro atoms. The van der Waals surface area contributed by atoms with Gasteiger partial charge in [-0.25, -0.2) is 4.79 Å². The maximum absolute atomic E-state index is 12.0. The fourth-order valence-corrected chi connectivity index (χ4v) is 1.98. The van der Waals surface area contributed by atoms with Crippen molar-refractivity contribution in [1.82, 2.24) is 5.32 Å². The molecule has 0 aliphatic heterocycles. The quantitative estimate of drug-likeness (QED) is 0.419. The summed E-state index contributed by atoms with van der Waals surface area (Å²) in [5.74, 6) is 0. The minimum atomic E-state index is -0.558.